The maximum Gasteiger partial charge on any atom is 0.272 e. The van der Waals surface area contributed by atoms with Gasteiger partial charge in [0.1, 0.15) is 5.82 Å². The number of aryl methyl sites for hydroxylation is 1. The fourth-order valence-electron chi connectivity index (χ4n) is 3.65. The quantitative estimate of drug-likeness (QED) is 0.754. The normalized spacial score (nSPS) is 19.5. The number of para-hydroxylation sites is 2. The fraction of sp³-hybridized carbons (Fsp3) is 0.421. The number of nitrogens with one attached hydrogen (secondary N) is 2. The van der Waals surface area contributed by atoms with Gasteiger partial charge in [-0.15, -0.1) is 0 Å². The fourth-order valence-corrected chi connectivity index (χ4v) is 3.65. The summed E-state index contributed by atoms with van der Waals surface area (Å²) >= 11 is 0. The van der Waals surface area contributed by atoms with E-state index in [-0.39, 0.29) is 18.1 Å². The van der Waals surface area contributed by atoms with Crippen LogP contribution in [0.3, 0.4) is 0 Å². The van der Waals surface area contributed by atoms with Crippen LogP contribution in [0.4, 0.5) is 0 Å². The molecule has 1 amide bonds. The molecule has 0 saturated carbocycles. The van der Waals surface area contributed by atoms with E-state index in [0.29, 0.717) is 25.1 Å². The van der Waals surface area contributed by atoms with Gasteiger partial charge in [0.15, 0.2) is 5.69 Å². The number of benzene rings is 1. The highest BCUT2D eigenvalue weighted by atomic mass is 16.5. The van der Waals surface area contributed by atoms with Gasteiger partial charge in [-0.2, -0.15) is 5.10 Å². The lowest BCUT2D eigenvalue weighted by Gasteiger charge is -2.25. The van der Waals surface area contributed by atoms with E-state index in [1.165, 1.54) is 0 Å². The van der Waals surface area contributed by atoms with Gasteiger partial charge in [0, 0.05) is 32.0 Å². The van der Waals surface area contributed by atoms with E-state index >= 15 is 0 Å². The molecule has 4 rings (SSSR count). The van der Waals surface area contributed by atoms with Crippen molar-refractivity contribution in [3.8, 4) is 0 Å². The van der Waals surface area contributed by atoms with Crippen LogP contribution in [0.5, 0.6) is 0 Å². The molecule has 0 bridgehead atoms. The van der Waals surface area contributed by atoms with Crippen LogP contribution in [0.15, 0.2) is 24.3 Å². The SMILES string of the molecule is C[C@@H]1Cc2c(C(=O)NCCc3nc4ccccc4n3C)n[nH]c2[C@H](C)O1. The monoisotopic (exact) mass is 353 g/mol. The number of amides is 1. The average molecular weight is 353 g/mol. The van der Waals surface area contributed by atoms with E-state index in [1.807, 2.05) is 45.2 Å². The van der Waals surface area contributed by atoms with Crippen LogP contribution in [0.1, 0.15) is 47.5 Å². The molecule has 3 aromatic rings. The summed E-state index contributed by atoms with van der Waals surface area (Å²) in [4.78, 5) is 17.2. The van der Waals surface area contributed by atoms with Crippen molar-refractivity contribution in [1.82, 2.24) is 25.1 Å². The maximum absolute atomic E-state index is 12.6. The molecule has 0 fully saturated rings. The number of H-pyrrole nitrogens is 1. The molecule has 3 heterocycles. The Kier molecular flexibility index (Phi) is 4.24. The van der Waals surface area contributed by atoms with Crippen molar-refractivity contribution in [2.45, 2.75) is 38.9 Å². The van der Waals surface area contributed by atoms with E-state index in [9.17, 15) is 4.79 Å². The number of hydrogen-bond donors (Lipinski definition) is 2. The largest absolute Gasteiger partial charge is 0.369 e. The van der Waals surface area contributed by atoms with Gasteiger partial charge in [-0.1, -0.05) is 12.1 Å². The lowest BCUT2D eigenvalue weighted by molar-refractivity contribution is -0.00697. The van der Waals surface area contributed by atoms with E-state index in [0.717, 1.165) is 28.1 Å². The molecule has 0 unspecified atom stereocenters. The Morgan fingerprint density at radius 2 is 2.19 bits per heavy atom. The van der Waals surface area contributed by atoms with Gasteiger partial charge in [0.05, 0.1) is 28.9 Å². The summed E-state index contributed by atoms with van der Waals surface area (Å²) in [7, 11) is 2.00. The summed E-state index contributed by atoms with van der Waals surface area (Å²) in [5.41, 5.74) is 4.42. The Labute approximate surface area is 151 Å². The molecule has 2 aromatic heterocycles. The smallest absolute Gasteiger partial charge is 0.272 e. The number of rotatable bonds is 4. The number of fused-ring (bicyclic) bond motifs is 2. The number of ether oxygens (including phenoxy) is 1. The number of aromatic amines is 1. The molecule has 2 N–H and O–H groups in total. The molecule has 0 aliphatic carbocycles. The molecule has 2 atom stereocenters. The highest BCUT2D eigenvalue weighted by molar-refractivity contribution is 5.94. The lowest BCUT2D eigenvalue weighted by atomic mass is 9.99. The van der Waals surface area contributed by atoms with Crippen LogP contribution in [0.25, 0.3) is 11.0 Å². The van der Waals surface area contributed by atoms with Gasteiger partial charge < -0.3 is 14.6 Å². The first-order valence-corrected chi connectivity index (χ1v) is 8.95. The summed E-state index contributed by atoms with van der Waals surface area (Å²) < 4.78 is 7.84. The van der Waals surface area contributed by atoms with Gasteiger partial charge in [0.2, 0.25) is 0 Å². The van der Waals surface area contributed by atoms with Gasteiger partial charge in [-0.05, 0) is 26.0 Å². The number of imidazole rings is 1. The lowest BCUT2D eigenvalue weighted by Crippen LogP contribution is -2.29. The van der Waals surface area contributed by atoms with Crippen molar-refractivity contribution in [2.75, 3.05) is 6.54 Å². The van der Waals surface area contributed by atoms with E-state index in [4.69, 9.17) is 4.74 Å². The molecular weight excluding hydrogens is 330 g/mol. The Morgan fingerprint density at radius 1 is 1.38 bits per heavy atom. The molecule has 1 aromatic carbocycles. The van der Waals surface area contributed by atoms with E-state index in [2.05, 4.69) is 25.1 Å². The summed E-state index contributed by atoms with van der Waals surface area (Å²) in [5.74, 6) is 0.800. The minimum absolute atomic E-state index is 0.0669. The standard InChI is InChI=1S/C19H23N5O2/c1-11-10-13-17(12(2)26-11)22-23-18(13)19(25)20-9-8-16-21-14-6-4-5-7-15(14)24(16)3/h4-7,11-12H,8-10H2,1-3H3,(H,20,25)(H,22,23)/t11-,12+/m1/s1. The minimum atomic E-state index is -0.150. The van der Waals surface area contributed by atoms with Gasteiger partial charge in [0.25, 0.3) is 5.91 Å². The summed E-state index contributed by atoms with van der Waals surface area (Å²) in [6.45, 7) is 4.50. The molecular formula is C19H23N5O2. The van der Waals surface area contributed by atoms with Crippen LogP contribution >= 0.6 is 0 Å². The van der Waals surface area contributed by atoms with Crippen LogP contribution in [-0.2, 0) is 24.6 Å². The Balaban J connectivity index is 1.44. The van der Waals surface area contributed by atoms with Crippen LogP contribution in [0.2, 0.25) is 0 Å². The molecule has 26 heavy (non-hydrogen) atoms. The average Bonchev–Trinajstić information content (AvgIpc) is 3.17. The second-order valence-electron chi connectivity index (χ2n) is 6.84. The first-order chi connectivity index (χ1) is 12.5. The highest BCUT2D eigenvalue weighted by Gasteiger charge is 2.29. The van der Waals surface area contributed by atoms with Gasteiger partial charge in [-0.3, -0.25) is 9.89 Å². The maximum atomic E-state index is 12.6. The second-order valence-corrected chi connectivity index (χ2v) is 6.84. The third kappa shape index (κ3) is 2.88. The van der Waals surface area contributed by atoms with E-state index in [1.54, 1.807) is 0 Å². The molecule has 0 spiro atoms. The summed E-state index contributed by atoms with van der Waals surface area (Å²) in [6, 6.07) is 8.03. The first-order valence-electron chi connectivity index (χ1n) is 8.95. The predicted molar refractivity (Wildman–Crippen MR) is 98.0 cm³/mol. The molecule has 7 nitrogen and oxygen atoms in total. The van der Waals surface area contributed by atoms with Gasteiger partial charge in [-0.25, -0.2) is 4.98 Å². The number of nitrogens with zero attached hydrogens (tertiary/aromatic N) is 3. The van der Waals surface area contributed by atoms with Crippen LogP contribution in [-0.4, -0.2) is 38.3 Å². The Hall–Kier alpha value is -2.67. The minimum Gasteiger partial charge on any atom is -0.369 e. The zero-order valence-corrected chi connectivity index (χ0v) is 15.2. The van der Waals surface area contributed by atoms with Crippen LogP contribution in [0, 0.1) is 0 Å². The first kappa shape index (κ1) is 16.8. The van der Waals surface area contributed by atoms with Crippen LogP contribution < -0.4 is 5.32 Å². The number of carbonyl (C=O) groups is 1. The van der Waals surface area contributed by atoms with Crippen molar-refractivity contribution in [1.29, 1.82) is 0 Å². The van der Waals surface area contributed by atoms with Crippen molar-refractivity contribution < 1.29 is 9.53 Å². The summed E-state index contributed by atoms with van der Waals surface area (Å²) in [5, 5.41) is 10.2. The third-order valence-electron chi connectivity index (χ3n) is 4.96. The molecule has 0 radical (unpaired) electrons. The zero-order valence-electron chi connectivity index (χ0n) is 15.2. The molecule has 136 valence electrons. The molecule has 7 heteroatoms. The Morgan fingerprint density at radius 3 is 3.00 bits per heavy atom. The number of hydrogen-bond acceptors (Lipinski definition) is 4. The summed E-state index contributed by atoms with van der Waals surface area (Å²) in [6.07, 6.45) is 1.38. The Bertz CT molecular complexity index is 958. The van der Waals surface area contributed by atoms with Crippen molar-refractivity contribution in [3.63, 3.8) is 0 Å². The molecule has 0 saturated heterocycles. The molecule has 1 aliphatic rings. The van der Waals surface area contributed by atoms with Crippen molar-refractivity contribution in [2.24, 2.45) is 7.05 Å². The van der Waals surface area contributed by atoms with Crippen molar-refractivity contribution in [3.05, 3.63) is 47.0 Å². The second kappa shape index (κ2) is 6.57. The van der Waals surface area contributed by atoms with E-state index < -0.39 is 0 Å². The van der Waals surface area contributed by atoms with Crippen molar-refractivity contribution >= 4 is 16.9 Å². The zero-order chi connectivity index (χ0) is 18.3. The number of carbonyl (C=O) groups excluding carboxylic acids is 1. The predicted octanol–water partition coefficient (Wildman–Crippen LogP) is 2.29. The number of aromatic nitrogens is 4. The third-order valence-corrected chi connectivity index (χ3v) is 4.96. The topological polar surface area (TPSA) is 84.8 Å². The molecule has 1 aliphatic heterocycles. The van der Waals surface area contributed by atoms with Gasteiger partial charge >= 0.3 is 0 Å². The highest BCUT2D eigenvalue weighted by Crippen LogP contribution is 2.30.